The van der Waals surface area contributed by atoms with Crippen molar-refractivity contribution in [1.82, 2.24) is 20.7 Å². The molecule has 7 nitrogen and oxygen atoms in total. The van der Waals surface area contributed by atoms with E-state index in [0.29, 0.717) is 30.8 Å². The van der Waals surface area contributed by atoms with Crippen LogP contribution in [0.15, 0.2) is 54.9 Å². The van der Waals surface area contributed by atoms with Gasteiger partial charge in [0, 0.05) is 31.1 Å². The highest BCUT2D eigenvalue weighted by atomic mass is 16.5. The van der Waals surface area contributed by atoms with Gasteiger partial charge < -0.3 is 20.0 Å². The fraction of sp³-hybridized carbons (Fsp3) is 0.333. The number of carbonyl (C=O) groups excluding carboxylic acids is 2. The van der Waals surface area contributed by atoms with Gasteiger partial charge in [0.2, 0.25) is 0 Å². The molecule has 2 aliphatic rings. The number of amides is 2. The van der Waals surface area contributed by atoms with Crippen molar-refractivity contribution < 1.29 is 14.3 Å². The van der Waals surface area contributed by atoms with Gasteiger partial charge in [0.1, 0.15) is 11.8 Å². The average molecular weight is 421 g/mol. The third kappa shape index (κ3) is 4.41. The molecule has 0 aliphatic carbocycles. The largest absolute Gasteiger partial charge is 0.497 e. The molecule has 2 amide bonds. The first-order valence-electron chi connectivity index (χ1n) is 10.5. The molecule has 0 bridgehead atoms. The molecule has 0 saturated carbocycles. The van der Waals surface area contributed by atoms with Gasteiger partial charge in [-0.05, 0) is 49.6 Å². The standard InChI is InChI=1S/C24H28N4O3/c1-16-7-8-20(17(2)13-16)21-15-22-24(30)27(11-12-28(22)26-21)10-9-25-23(29)18-5-4-6-19(14-18)31-3/h4-8,11-14,21-22,26H,9-10,15H2,1-3H3,(H,25,29). The van der Waals surface area contributed by atoms with Crippen LogP contribution in [0.1, 0.15) is 39.5 Å². The summed E-state index contributed by atoms with van der Waals surface area (Å²) >= 11 is 0. The van der Waals surface area contributed by atoms with Crippen molar-refractivity contribution in [1.29, 1.82) is 0 Å². The van der Waals surface area contributed by atoms with Gasteiger partial charge in [0.25, 0.3) is 11.8 Å². The van der Waals surface area contributed by atoms with Crippen molar-refractivity contribution in [2.45, 2.75) is 32.4 Å². The fourth-order valence-electron chi connectivity index (χ4n) is 4.20. The van der Waals surface area contributed by atoms with E-state index in [0.717, 1.165) is 0 Å². The Bertz CT molecular complexity index is 1020. The van der Waals surface area contributed by atoms with Crippen molar-refractivity contribution in [2.24, 2.45) is 0 Å². The summed E-state index contributed by atoms with van der Waals surface area (Å²) in [4.78, 5) is 27.1. The van der Waals surface area contributed by atoms with Gasteiger partial charge in [-0.2, -0.15) is 0 Å². The van der Waals surface area contributed by atoms with E-state index >= 15 is 0 Å². The summed E-state index contributed by atoms with van der Waals surface area (Å²) in [5, 5.41) is 4.77. The van der Waals surface area contributed by atoms with Crippen molar-refractivity contribution in [3.8, 4) is 5.75 Å². The lowest BCUT2D eigenvalue weighted by Gasteiger charge is -2.31. The first kappa shape index (κ1) is 20.9. The first-order valence-corrected chi connectivity index (χ1v) is 10.5. The molecule has 7 heteroatoms. The van der Waals surface area contributed by atoms with E-state index in [2.05, 4.69) is 42.8 Å². The van der Waals surface area contributed by atoms with Gasteiger partial charge in [-0.1, -0.05) is 29.8 Å². The van der Waals surface area contributed by atoms with Crippen LogP contribution < -0.4 is 15.5 Å². The molecule has 2 N–H and O–H groups in total. The molecule has 0 spiro atoms. The molecule has 2 atom stereocenters. The Morgan fingerprint density at radius 3 is 2.81 bits per heavy atom. The number of rotatable bonds is 6. The van der Waals surface area contributed by atoms with E-state index < -0.39 is 0 Å². The lowest BCUT2D eigenvalue weighted by Crippen LogP contribution is -2.49. The molecule has 2 aromatic carbocycles. The number of ether oxygens (including phenoxy) is 1. The number of nitrogens with one attached hydrogen (secondary N) is 2. The van der Waals surface area contributed by atoms with E-state index in [-0.39, 0.29) is 23.9 Å². The number of nitrogens with zero attached hydrogens (tertiary/aromatic N) is 2. The summed E-state index contributed by atoms with van der Waals surface area (Å²) in [6.07, 6.45) is 4.38. The van der Waals surface area contributed by atoms with E-state index in [9.17, 15) is 9.59 Å². The van der Waals surface area contributed by atoms with E-state index in [4.69, 9.17) is 4.74 Å². The smallest absolute Gasteiger partial charge is 0.251 e. The number of hydrazine groups is 1. The third-order valence-electron chi connectivity index (χ3n) is 5.85. The SMILES string of the molecule is COc1cccc(C(=O)NCCN2C=CN3NC(c4ccc(C)cc4C)CC3C2=O)c1. The second-order valence-corrected chi connectivity index (χ2v) is 8.02. The van der Waals surface area contributed by atoms with Crippen LogP contribution in [0, 0.1) is 13.8 Å². The highest BCUT2D eigenvalue weighted by Crippen LogP contribution is 2.32. The van der Waals surface area contributed by atoms with Gasteiger partial charge >= 0.3 is 0 Å². The summed E-state index contributed by atoms with van der Waals surface area (Å²) in [5.41, 5.74) is 7.65. The molecule has 2 aliphatic heterocycles. The Labute approximate surface area is 182 Å². The maximum atomic E-state index is 13.0. The molecule has 1 fully saturated rings. The van der Waals surface area contributed by atoms with Crippen LogP contribution in [0.5, 0.6) is 5.75 Å². The maximum absolute atomic E-state index is 13.0. The molecular formula is C24H28N4O3. The predicted octanol–water partition coefficient (Wildman–Crippen LogP) is 2.68. The number of benzene rings is 2. The summed E-state index contributed by atoms with van der Waals surface area (Å²) in [6.45, 7) is 4.98. The number of carbonyl (C=O) groups is 2. The van der Waals surface area contributed by atoms with Crippen molar-refractivity contribution in [2.75, 3.05) is 20.2 Å². The second-order valence-electron chi connectivity index (χ2n) is 8.02. The minimum Gasteiger partial charge on any atom is -0.497 e. The van der Waals surface area contributed by atoms with E-state index in [1.807, 2.05) is 11.2 Å². The molecule has 2 heterocycles. The highest BCUT2D eigenvalue weighted by Gasteiger charge is 2.40. The van der Waals surface area contributed by atoms with Crippen molar-refractivity contribution in [3.05, 3.63) is 77.1 Å². The summed E-state index contributed by atoms with van der Waals surface area (Å²) in [6, 6.07) is 13.3. The molecule has 4 rings (SSSR count). The lowest BCUT2D eigenvalue weighted by molar-refractivity contribution is -0.134. The maximum Gasteiger partial charge on any atom is 0.251 e. The number of methoxy groups -OCH3 is 1. The third-order valence-corrected chi connectivity index (χ3v) is 5.85. The van der Waals surface area contributed by atoms with Gasteiger partial charge in [-0.25, -0.2) is 5.43 Å². The van der Waals surface area contributed by atoms with Crippen LogP contribution in [-0.4, -0.2) is 48.0 Å². The average Bonchev–Trinajstić information content (AvgIpc) is 3.20. The zero-order valence-electron chi connectivity index (χ0n) is 18.1. The van der Waals surface area contributed by atoms with Crippen LogP contribution in [0.4, 0.5) is 0 Å². The van der Waals surface area contributed by atoms with Crippen molar-refractivity contribution >= 4 is 11.8 Å². The summed E-state index contributed by atoms with van der Waals surface area (Å²) in [5.74, 6) is 0.485. The zero-order valence-corrected chi connectivity index (χ0v) is 18.1. The van der Waals surface area contributed by atoms with Crippen LogP contribution in [0.2, 0.25) is 0 Å². The second kappa shape index (κ2) is 8.81. The monoisotopic (exact) mass is 420 g/mol. The number of fused-ring (bicyclic) bond motifs is 1. The number of hydrogen-bond acceptors (Lipinski definition) is 5. The molecule has 1 saturated heterocycles. The van der Waals surface area contributed by atoms with Gasteiger partial charge in [0.15, 0.2) is 0 Å². The Morgan fingerprint density at radius 1 is 1.19 bits per heavy atom. The fourth-order valence-corrected chi connectivity index (χ4v) is 4.20. The zero-order chi connectivity index (χ0) is 22.0. The van der Waals surface area contributed by atoms with E-state index in [1.165, 1.54) is 16.7 Å². The van der Waals surface area contributed by atoms with E-state index in [1.54, 1.807) is 42.5 Å². The molecular weight excluding hydrogens is 392 g/mol. The Morgan fingerprint density at radius 2 is 2.03 bits per heavy atom. The normalized spacial score (nSPS) is 20.0. The predicted molar refractivity (Wildman–Crippen MR) is 118 cm³/mol. The summed E-state index contributed by atoms with van der Waals surface area (Å²) in [7, 11) is 1.57. The van der Waals surface area contributed by atoms with Crippen LogP contribution >= 0.6 is 0 Å². The minimum absolute atomic E-state index is 0.0397. The quantitative estimate of drug-likeness (QED) is 0.752. The number of aryl methyl sites for hydroxylation is 2. The minimum atomic E-state index is -0.246. The molecule has 2 aromatic rings. The summed E-state index contributed by atoms with van der Waals surface area (Å²) < 4.78 is 5.16. The Balaban J connectivity index is 1.33. The Kier molecular flexibility index (Phi) is 5.95. The molecule has 31 heavy (non-hydrogen) atoms. The molecule has 162 valence electrons. The van der Waals surface area contributed by atoms with Gasteiger partial charge in [0.05, 0.1) is 13.2 Å². The topological polar surface area (TPSA) is 73.9 Å². The first-order chi connectivity index (χ1) is 15.0. The van der Waals surface area contributed by atoms with Gasteiger partial charge in [-0.15, -0.1) is 0 Å². The van der Waals surface area contributed by atoms with Gasteiger partial charge in [-0.3, -0.25) is 9.59 Å². The number of hydrogen-bond donors (Lipinski definition) is 2. The van der Waals surface area contributed by atoms with Crippen LogP contribution in [0.3, 0.4) is 0 Å². The molecule has 0 radical (unpaired) electrons. The molecule has 0 aromatic heterocycles. The van der Waals surface area contributed by atoms with Crippen LogP contribution in [-0.2, 0) is 4.79 Å². The van der Waals surface area contributed by atoms with Crippen LogP contribution in [0.25, 0.3) is 0 Å². The Hall–Kier alpha value is -3.32. The highest BCUT2D eigenvalue weighted by molar-refractivity contribution is 5.94. The lowest BCUT2D eigenvalue weighted by atomic mass is 9.96. The molecule has 2 unspecified atom stereocenters. The van der Waals surface area contributed by atoms with Crippen molar-refractivity contribution in [3.63, 3.8) is 0 Å².